The molecule has 106 valence electrons. The van der Waals surface area contributed by atoms with Crippen LogP contribution in [-0.2, 0) is 9.53 Å². The number of rotatable bonds is 8. The predicted molar refractivity (Wildman–Crippen MR) is 73.6 cm³/mol. The first kappa shape index (κ1) is 15.6. The van der Waals surface area contributed by atoms with E-state index in [9.17, 15) is 9.18 Å². The van der Waals surface area contributed by atoms with Gasteiger partial charge in [-0.1, -0.05) is 26.0 Å². The normalized spacial score (nSPS) is 10.7. The van der Waals surface area contributed by atoms with E-state index in [0.29, 0.717) is 25.7 Å². The molecular formula is C14H21FN2O2. The highest BCUT2D eigenvalue weighted by molar-refractivity contribution is 5.92. The fourth-order valence-electron chi connectivity index (χ4n) is 1.42. The van der Waals surface area contributed by atoms with E-state index in [1.807, 2.05) is 0 Å². The zero-order valence-corrected chi connectivity index (χ0v) is 11.4. The van der Waals surface area contributed by atoms with Gasteiger partial charge in [0.05, 0.1) is 18.8 Å². The smallest absolute Gasteiger partial charge is 0.238 e. The van der Waals surface area contributed by atoms with Gasteiger partial charge in [0.1, 0.15) is 5.82 Å². The van der Waals surface area contributed by atoms with E-state index < -0.39 is 5.82 Å². The standard InChI is InChI=1S/C14H21FN2O2/c1-11(2)10-19-8-7-16-9-14(18)17-13-6-4-3-5-12(13)15/h3-6,11,16H,7-10H2,1-2H3,(H,17,18). The highest BCUT2D eigenvalue weighted by Gasteiger charge is 2.05. The number of carbonyl (C=O) groups is 1. The van der Waals surface area contributed by atoms with E-state index in [-0.39, 0.29) is 18.1 Å². The van der Waals surface area contributed by atoms with Crippen molar-refractivity contribution in [2.45, 2.75) is 13.8 Å². The second-order valence-corrected chi connectivity index (χ2v) is 4.67. The highest BCUT2D eigenvalue weighted by Crippen LogP contribution is 2.11. The van der Waals surface area contributed by atoms with Crippen LogP contribution in [0.2, 0.25) is 0 Å². The fraction of sp³-hybridized carbons (Fsp3) is 0.500. The molecule has 4 nitrogen and oxygen atoms in total. The highest BCUT2D eigenvalue weighted by atomic mass is 19.1. The zero-order chi connectivity index (χ0) is 14.1. The average Bonchev–Trinajstić information content (AvgIpc) is 2.36. The maximum Gasteiger partial charge on any atom is 0.238 e. The Bertz CT molecular complexity index is 397. The van der Waals surface area contributed by atoms with Gasteiger partial charge in [-0.3, -0.25) is 4.79 Å². The van der Waals surface area contributed by atoms with Crippen LogP contribution in [0.25, 0.3) is 0 Å². The topological polar surface area (TPSA) is 50.4 Å². The van der Waals surface area contributed by atoms with Crippen molar-refractivity contribution >= 4 is 11.6 Å². The van der Waals surface area contributed by atoms with Crippen LogP contribution in [0.3, 0.4) is 0 Å². The van der Waals surface area contributed by atoms with Gasteiger partial charge >= 0.3 is 0 Å². The van der Waals surface area contributed by atoms with Crippen LogP contribution in [0.4, 0.5) is 10.1 Å². The van der Waals surface area contributed by atoms with E-state index in [4.69, 9.17) is 4.74 Å². The molecule has 1 rings (SSSR count). The Morgan fingerprint density at radius 1 is 1.37 bits per heavy atom. The van der Waals surface area contributed by atoms with Crippen LogP contribution in [0.1, 0.15) is 13.8 Å². The Morgan fingerprint density at radius 3 is 2.79 bits per heavy atom. The first-order chi connectivity index (χ1) is 9.09. The molecule has 1 aromatic rings. The van der Waals surface area contributed by atoms with Crippen LogP contribution in [0.15, 0.2) is 24.3 Å². The maximum absolute atomic E-state index is 13.3. The number of ether oxygens (including phenoxy) is 1. The molecule has 0 aromatic heterocycles. The number of hydrogen-bond donors (Lipinski definition) is 2. The van der Waals surface area contributed by atoms with Gasteiger partial charge in [-0.05, 0) is 18.1 Å². The lowest BCUT2D eigenvalue weighted by Gasteiger charge is -2.09. The van der Waals surface area contributed by atoms with E-state index in [2.05, 4.69) is 24.5 Å². The van der Waals surface area contributed by atoms with Crippen molar-refractivity contribution in [1.29, 1.82) is 0 Å². The first-order valence-corrected chi connectivity index (χ1v) is 6.42. The largest absolute Gasteiger partial charge is 0.380 e. The molecule has 0 atom stereocenters. The minimum absolute atomic E-state index is 0.138. The summed E-state index contributed by atoms with van der Waals surface area (Å²) in [7, 11) is 0. The number of carbonyl (C=O) groups excluding carboxylic acids is 1. The van der Waals surface area contributed by atoms with Crippen LogP contribution in [0, 0.1) is 11.7 Å². The molecule has 2 N–H and O–H groups in total. The van der Waals surface area contributed by atoms with Gasteiger partial charge in [0.15, 0.2) is 0 Å². The zero-order valence-electron chi connectivity index (χ0n) is 11.4. The van der Waals surface area contributed by atoms with Crippen molar-refractivity contribution in [1.82, 2.24) is 5.32 Å². The molecule has 0 radical (unpaired) electrons. The van der Waals surface area contributed by atoms with E-state index >= 15 is 0 Å². The quantitative estimate of drug-likeness (QED) is 0.709. The predicted octanol–water partition coefficient (Wildman–Crippen LogP) is 2.03. The average molecular weight is 268 g/mol. The van der Waals surface area contributed by atoms with Gasteiger partial charge in [0.25, 0.3) is 0 Å². The summed E-state index contributed by atoms with van der Waals surface area (Å²) in [5, 5.41) is 5.44. The fourth-order valence-corrected chi connectivity index (χ4v) is 1.42. The third kappa shape index (κ3) is 6.88. The van der Waals surface area contributed by atoms with Crippen molar-refractivity contribution < 1.29 is 13.9 Å². The molecule has 19 heavy (non-hydrogen) atoms. The van der Waals surface area contributed by atoms with Gasteiger partial charge in [-0.15, -0.1) is 0 Å². The molecule has 0 aliphatic carbocycles. The second kappa shape index (κ2) is 8.61. The van der Waals surface area contributed by atoms with Gasteiger partial charge in [0.2, 0.25) is 5.91 Å². The number of amides is 1. The van der Waals surface area contributed by atoms with Gasteiger partial charge in [-0.25, -0.2) is 4.39 Å². The molecule has 0 saturated carbocycles. The molecule has 0 fully saturated rings. The molecule has 0 aliphatic rings. The summed E-state index contributed by atoms with van der Waals surface area (Å²) < 4.78 is 18.6. The van der Waals surface area contributed by atoms with Crippen LogP contribution in [-0.4, -0.2) is 32.2 Å². The first-order valence-electron chi connectivity index (χ1n) is 6.42. The lowest BCUT2D eigenvalue weighted by Crippen LogP contribution is -2.30. The van der Waals surface area contributed by atoms with Gasteiger partial charge < -0.3 is 15.4 Å². The van der Waals surface area contributed by atoms with Crippen molar-refractivity contribution in [3.8, 4) is 0 Å². The molecule has 0 aliphatic heterocycles. The summed E-state index contributed by atoms with van der Waals surface area (Å²) in [4.78, 5) is 11.5. The summed E-state index contributed by atoms with van der Waals surface area (Å²) in [6.45, 7) is 6.16. The summed E-state index contributed by atoms with van der Waals surface area (Å²) in [6.07, 6.45) is 0. The summed E-state index contributed by atoms with van der Waals surface area (Å²) in [5.41, 5.74) is 0.199. The van der Waals surface area contributed by atoms with Crippen molar-refractivity contribution in [2.75, 3.05) is 31.6 Å². The van der Waals surface area contributed by atoms with Crippen LogP contribution in [0.5, 0.6) is 0 Å². The number of benzene rings is 1. The van der Waals surface area contributed by atoms with Crippen molar-refractivity contribution in [3.05, 3.63) is 30.1 Å². The number of anilines is 1. The lowest BCUT2D eigenvalue weighted by atomic mass is 10.2. The Balaban J connectivity index is 2.13. The van der Waals surface area contributed by atoms with Crippen LogP contribution >= 0.6 is 0 Å². The molecule has 1 aromatic carbocycles. The number of hydrogen-bond acceptors (Lipinski definition) is 3. The third-order valence-electron chi connectivity index (χ3n) is 2.31. The minimum Gasteiger partial charge on any atom is -0.380 e. The number of para-hydroxylation sites is 1. The molecule has 1 amide bonds. The van der Waals surface area contributed by atoms with Crippen molar-refractivity contribution in [2.24, 2.45) is 5.92 Å². The Morgan fingerprint density at radius 2 is 2.11 bits per heavy atom. The van der Waals surface area contributed by atoms with E-state index in [0.717, 1.165) is 0 Å². The summed E-state index contributed by atoms with van der Waals surface area (Å²) in [6, 6.07) is 6.09. The van der Waals surface area contributed by atoms with Gasteiger partial charge in [0, 0.05) is 13.2 Å². The Labute approximate surface area is 113 Å². The SMILES string of the molecule is CC(C)COCCNCC(=O)Nc1ccccc1F. The minimum atomic E-state index is -0.434. The number of halogens is 1. The molecule has 0 saturated heterocycles. The molecule has 0 unspecified atom stereocenters. The second-order valence-electron chi connectivity index (χ2n) is 4.67. The van der Waals surface area contributed by atoms with Crippen LogP contribution < -0.4 is 10.6 Å². The summed E-state index contributed by atoms with van der Waals surface area (Å²) in [5.74, 6) is -0.200. The molecular weight excluding hydrogens is 247 g/mol. The maximum atomic E-state index is 13.3. The van der Waals surface area contributed by atoms with E-state index in [1.54, 1.807) is 12.1 Å². The molecule has 5 heteroatoms. The Kier molecular flexibility index (Phi) is 7.07. The van der Waals surface area contributed by atoms with E-state index in [1.165, 1.54) is 12.1 Å². The lowest BCUT2D eigenvalue weighted by molar-refractivity contribution is -0.115. The molecule has 0 bridgehead atoms. The Hall–Kier alpha value is -1.46. The molecule has 0 spiro atoms. The van der Waals surface area contributed by atoms with Crippen molar-refractivity contribution in [3.63, 3.8) is 0 Å². The number of nitrogens with one attached hydrogen (secondary N) is 2. The third-order valence-corrected chi connectivity index (χ3v) is 2.31. The monoisotopic (exact) mass is 268 g/mol. The van der Waals surface area contributed by atoms with Gasteiger partial charge in [-0.2, -0.15) is 0 Å². The molecule has 0 heterocycles. The summed E-state index contributed by atoms with van der Waals surface area (Å²) >= 11 is 0.